The summed E-state index contributed by atoms with van der Waals surface area (Å²) in [5, 5.41) is 2.85. The maximum atomic E-state index is 12.5. The summed E-state index contributed by atoms with van der Waals surface area (Å²) in [6, 6.07) is 12.0. The second-order valence-electron chi connectivity index (χ2n) is 4.96. The molecule has 0 saturated carbocycles. The molecule has 0 amide bonds. The molecule has 2 aromatic heterocycles. The molecule has 0 radical (unpaired) electrons. The number of aryl methyl sites for hydroxylation is 1. The molecule has 0 aliphatic carbocycles. The van der Waals surface area contributed by atoms with Gasteiger partial charge in [0.25, 0.3) is 0 Å². The van der Waals surface area contributed by atoms with Crippen molar-refractivity contribution < 1.29 is 4.79 Å². The third kappa shape index (κ3) is 3.00. The Balaban J connectivity index is 1.80. The number of rotatable bonds is 5. The lowest BCUT2D eigenvalue weighted by atomic mass is 10.2. The Morgan fingerprint density at radius 3 is 2.73 bits per heavy atom. The van der Waals surface area contributed by atoms with Gasteiger partial charge in [0.2, 0.25) is 0 Å². The summed E-state index contributed by atoms with van der Waals surface area (Å²) in [5.74, 6) is 0.608. The zero-order chi connectivity index (χ0) is 15.5. The Kier molecular flexibility index (Phi) is 4.45. The van der Waals surface area contributed by atoms with E-state index in [1.165, 1.54) is 0 Å². The van der Waals surface area contributed by atoms with Crippen LogP contribution in [0, 0.1) is 13.8 Å². The Morgan fingerprint density at radius 1 is 1.27 bits per heavy atom. The fraction of sp³-hybridized carbons (Fsp3) is 0.176. The molecule has 0 aliphatic heterocycles. The van der Waals surface area contributed by atoms with Crippen molar-refractivity contribution in [2.45, 2.75) is 18.7 Å². The van der Waals surface area contributed by atoms with Gasteiger partial charge in [-0.2, -0.15) is 0 Å². The van der Waals surface area contributed by atoms with Crippen molar-refractivity contribution in [3.05, 3.63) is 64.9 Å². The van der Waals surface area contributed by atoms with Gasteiger partial charge in [0.1, 0.15) is 0 Å². The third-order valence-corrected chi connectivity index (χ3v) is 5.22. The van der Waals surface area contributed by atoms with Crippen molar-refractivity contribution >= 4 is 28.9 Å². The highest BCUT2D eigenvalue weighted by molar-refractivity contribution is 8.00. The normalized spacial score (nSPS) is 10.8. The average Bonchev–Trinajstić information content (AvgIpc) is 3.14. The van der Waals surface area contributed by atoms with Crippen LogP contribution in [0.5, 0.6) is 0 Å². The monoisotopic (exact) mass is 328 g/mol. The highest BCUT2D eigenvalue weighted by Gasteiger charge is 2.17. The van der Waals surface area contributed by atoms with E-state index < -0.39 is 0 Å². The van der Waals surface area contributed by atoms with Crippen molar-refractivity contribution in [1.29, 1.82) is 0 Å². The van der Waals surface area contributed by atoms with Crippen molar-refractivity contribution in [2.75, 3.05) is 5.75 Å². The zero-order valence-corrected chi connectivity index (χ0v) is 14.1. The summed E-state index contributed by atoms with van der Waals surface area (Å²) < 4.78 is 2.05. The average molecular weight is 328 g/mol. The predicted octanol–water partition coefficient (Wildman–Crippen LogP) is 4.53. The fourth-order valence-electron chi connectivity index (χ4n) is 2.41. The Morgan fingerprint density at radius 2 is 2.05 bits per heavy atom. The Bertz CT molecular complexity index is 777. The fourth-order valence-corrected chi connectivity index (χ4v) is 3.96. The van der Waals surface area contributed by atoms with Crippen LogP contribution >= 0.6 is 23.1 Å². The second kappa shape index (κ2) is 6.50. The number of ketones is 1. The van der Waals surface area contributed by atoms with Crippen LogP contribution in [-0.4, -0.2) is 21.1 Å². The molecule has 0 saturated heterocycles. The number of thiazole rings is 1. The number of hydrogen-bond acceptors (Lipinski definition) is 4. The first-order valence-corrected chi connectivity index (χ1v) is 8.83. The van der Waals surface area contributed by atoms with E-state index in [1.807, 2.05) is 60.2 Å². The van der Waals surface area contributed by atoms with E-state index in [-0.39, 0.29) is 5.78 Å². The predicted molar refractivity (Wildman–Crippen MR) is 92.4 cm³/mol. The van der Waals surface area contributed by atoms with Crippen molar-refractivity contribution in [3.63, 3.8) is 0 Å². The number of carbonyl (C=O) groups is 1. The molecule has 112 valence electrons. The van der Waals surface area contributed by atoms with E-state index in [0.717, 1.165) is 27.0 Å². The molecule has 5 heteroatoms. The molecular weight excluding hydrogens is 312 g/mol. The molecule has 3 rings (SSSR count). The Labute approximate surface area is 138 Å². The minimum Gasteiger partial charge on any atom is -0.294 e. The zero-order valence-electron chi connectivity index (χ0n) is 12.4. The summed E-state index contributed by atoms with van der Waals surface area (Å²) in [5.41, 5.74) is 2.79. The van der Waals surface area contributed by atoms with E-state index >= 15 is 0 Å². The van der Waals surface area contributed by atoms with Gasteiger partial charge in [0, 0.05) is 33.4 Å². The first-order chi connectivity index (χ1) is 10.7. The first-order valence-electron chi connectivity index (χ1n) is 6.96. The van der Waals surface area contributed by atoms with Gasteiger partial charge in [-0.3, -0.25) is 9.36 Å². The molecule has 0 unspecified atom stereocenters. The molecule has 22 heavy (non-hydrogen) atoms. The van der Waals surface area contributed by atoms with E-state index in [2.05, 4.69) is 4.98 Å². The van der Waals surface area contributed by atoms with Gasteiger partial charge in [-0.15, -0.1) is 23.1 Å². The third-order valence-electron chi connectivity index (χ3n) is 3.46. The SMILES string of the molecule is Cc1cc(C(=O)CSc2ccccc2)c(C)n1-c1nccs1. The standard InChI is InChI=1S/C17H16N2OS2/c1-12-10-15(13(2)19(12)17-18-8-9-21-17)16(20)11-22-14-6-4-3-5-7-14/h3-10H,11H2,1-2H3. The highest BCUT2D eigenvalue weighted by atomic mass is 32.2. The number of Topliss-reactive ketones (excluding diaryl/α,β-unsaturated/α-hetero) is 1. The van der Waals surface area contributed by atoms with Gasteiger partial charge >= 0.3 is 0 Å². The van der Waals surface area contributed by atoms with E-state index in [0.29, 0.717) is 5.75 Å². The molecule has 3 nitrogen and oxygen atoms in total. The van der Waals surface area contributed by atoms with Crippen LogP contribution in [0.25, 0.3) is 5.13 Å². The second-order valence-corrected chi connectivity index (χ2v) is 6.88. The maximum Gasteiger partial charge on any atom is 0.193 e. The maximum absolute atomic E-state index is 12.5. The molecule has 0 spiro atoms. The molecular formula is C17H16N2OS2. The minimum atomic E-state index is 0.157. The first kappa shape index (κ1) is 15.1. The van der Waals surface area contributed by atoms with Crippen LogP contribution < -0.4 is 0 Å². The van der Waals surface area contributed by atoms with Crippen LogP contribution in [0.1, 0.15) is 21.7 Å². The van der Waals surface area contributed by atoms with Gasteiger partial charge in [-0.1, -0.05) is 18.2 Å². The molecule has 0 N–H and O–H groups in total. The van der Waals surface area contributed by atoms with Crippen LogP contribution in [-0.2, 0) is 0 Å². The number of benzene rings is 1. The highest BCUT2D eigenvalue weighted by Crippen LogP contribution is 2.25. The molecule has 0 fully saturated rings. The lowest BCUT2D eigenvalue weighted by Gasteiger charge is -2.05. The largest absolute Gasteiger partial charge is 0.294 e. The van der Waals surface area contributed by atoms with Gasteiger partial charge in [-0.25, -0.2) is 4.98 Å². The number of thioether (sulfide) groups is 1. The molecule has 0 aliphatic rings. The van der Waals surface area contributed by atoms with Gasteiger partial charge in [0.15, 0.2) is 10.9 Å². The summed E-state index contributed by atoms with van der Waals surface area (Å²) >= 11 is 3.15. The van der Waals surface area contributed by atoms with Crippen molar-refractivity contribution in [3.8, 4) is 5.13 Å². The van der Waals surface area contributed by atoms with E-state index in [1.54, 1.807) is 29.3 Å². The van der Waals surface area contributed by atoms with E-state index in [4.69, 9.17) is 0 Å². The van der Waals surface area contributed by atoms with Gasteiger partial charge in [-0.05, 0) is 32.0 Å². The van der Waals surface area contributed by atoms with Gasteiger partial charge < -0.3 is 0 Å². The lowest BCUT2D eigenvalue weighted by Crippen LogP contribution is -2.05. The van der Waals surface area contributed by atoms with Crippen LogP contribution in [0.4, 0.5) is 0 Å². The quantitative estimate of drug-likeness (QED) is 0.510. The molecule has 2 heterocycles. The van der Waals surface area contributed by atoms with Crippen molar-refractivity contribution in [2.24, 2.45) is 0 Å². The summed E-state index contributed by atoms with van der Waals surface area (Å²) in [4.78, 5) is 18.0. The summed E-state index contributed by atoms with van der Waals surface area (Å²) in [6.45, 7) is 3.99. The Hall–Kier alpha value is -1.85. The summed E-state index contributed by atoms with van der Waals surface area (Å²) in [7, 11) is 0. The summed E-state index contributed by atoms with van der Waals surface area (Å²) in [6.07, 6.45) is 1.78. The number of carbonyl (C=O) groups excluding carboxylic acids is 1. The molecule has 3 aromatic rings. The number of hydrogen-bond donors (Lipinski definition) is 0. The smallest absolute Gasteiger partial charge is 0.193 e. The number of nitrogens with zero attached hydrogens (tertiary/aromatic N) is 2. The van der Waals surface area contributed by atoms with Crippen LogP contribution in [0.2, 0.25) is 0 Å². The van der Waals surface area contributed by atoms with Crippen molar-refractivity contribution in [1.82, 2.24) is 9.55 Å². The molecule has 1 aromatic carbocycles. The van der Waals surface area contributed by atoms with E-state index in [9.17, 15) is 4.79 Å². The molecule has 0 bridgehead atoms. The lowest BCUT2D eigenvalue weighted by molar-refractivity contribution is 0.102. The number of aromatic nitrogens is 2. The van der Waals surface area contributed by atoms with Gasteiger partial charge in [0.05, 0.1) is 5.75 Å². The van der Waals surface area contributed by atoms with Crippen LogP contribution in [0.3, 0.4) is 0 Å². The molecule has 0 atom stereocenters. The topological polar surface area (TPSA) is 34.9 Å². The minimum absolute atomic E-state index is 0.157. The van der Waals surface area contributed by atoms with Crippen LogP contribution in [0.15, 0.2) is 52.9 Å².